The van der Waals surface area contributed by atoms with E-state index in [2.05, 4.69) is 25.6 Å². The molecule has 0 saturated heterocycles. The van der Waals surface area contributed by atoms with Crippen molar-refractivity contribution in [3.05, 3.63) is 64.3 Å². The summed E-state index contributed by atoms with van der Waals surface area (Å²) in [6.07, 6.45) is 5.93. The fourth-order valence-corrected chi connectivity index (χ4v) is 4.71. The number of benzene rings is 1. The molecule has 4 heterocycles. The fourth-order valence-electron chi connectivity index (χ4n) is 4.71. The molecule has 0 saturated carbocycles. The fraction of sp³-hybridized carbons (Fsp3) is 0.261. The van der Waals surface area contributed by atoms with Crippen molar-refractivity contribution in [2.75, 3.05) is 7.11 Å². The van der Waals surface area contributed by atoms with Gasteiger partial charge in [0.15, 0.2) is 11.2 Å². The molecule has 0 radical (unpaired) electrons. The molecule has 1 atom stereocenters. The second-order valence-corrected chi connectivity index (χ2v) is 8.22. The predicted molar refractivity (Wildman–Crippen MR) is 121 cm³/mol. The van der Waals surface area contributed by atoms with Crippen molar-refractivity contribution in [1.29, 1.82) is 0 Å². The number of hydrogen-bond donors (Lipinski definition) is 2. The molecular formula is C23H21N7O3. The van der Waals surface area contributed by atoms with Crippen LogP contribution >= 0.6 is 0 Å². The molecule has 4 aromatic heterocycles. The minimum absolute atomic E-state index is 0.104. The van der Waals surface area contributed by atoms with Crippen LogP contribution in [0.15, 0.2) is 47.5 Å². The molecule has 5 aromatic rings. The average molecular weight is 443 g/mol. The Kier molecular flexibility index (Phi) is 4.39. The minimum Gasteiger partial charge on any atom is -0.497 e. The minimum atomic E-state index is -0.380. The number of nitrogens with zero attached hydrogens (tertiary/aromatic N) is 5. The zero-order valence-electron chi connectivity index (χ0n) is 17.9. The Hall–Kier alpha value is -4.21. The smallest absolute Gasteiger partial charge is 0.281 e. The maximum absolute atomic E-state index is 12.9. The van der Waals surface area contributed by atoms with Crippen molar-refractivity contribution in [2.24, 2.45) is 0 Å². The van der Waals surface area contributed by atoms with Crippen LogP contribution in [0.3, 0.4) is 0 Å². The summed E-state index contributed by atoms with van der Waals surface area (Å²) in [5.41, 5.74) is 4.16. The van der Waals surface area contributed by atoms with Crippen LogP contribution in [-0.2, 0) is 17.8 Å². The third-order valence-electron chi connectivity index (χ3n) is 6.29. The van der Waals surface area contributed by atoms with E-state index in [0.29, 0.717) is 11.2 Å². The van der Waals surface area contributed by atoms with Gasteiger partial charge >= 0.3 is 0 Å². The lowest BCUT2D eigenvalue weighted by Crippen LogP contribution is -2.36. The number of hydrogen-bond acceptors (Lipinski definition) is 6. The summed E-state index contributed by atoms with van der Waals surface area (Å²) in [4.78, 5) is 29.3. The maximum Gasteiger partial charge on any atom is 0.281 e. The quantitative estimate of drug-likeness (QED) is 0.439. The third kappa shape index (κ3) is 3.13. The van der Waals surface area contributed by atoms with Gasteiger partial charge in [0.25, 0.3) is 5.56 Å². The Balaban J connectivity index is 1.28. The molecule has 1 aliphatic rings. The number of fused-ring (bicyclic) bond motifs is 6. The van der Waals surface area contributed by atoms with Gasteiger partial charge in [0, 0.05) is 28.9 Å². The van der Waals surface area contributed by atoms with Gasteiger partial charge in [0.2, 0.25) is 5.91 Å². The molecule has 1 aliphatic carbocycles. The lowest BCUT2D eigenvalue weighted by Gasteiger charge is -2.24. The number of aromatic nitrogens is 6. The number of pyridine rings is 1. The monoisotopic (exact) mass is 443 g/mol. The van der Waals surface area contributed by atoms with Gasteiger partial charge < -0.3 is 19.6 Å². The Labute approximate surface area is 187 Å². The van der Waals surface area contributed by atoms with Crippen LogP contribution in [0.25, 0.3) is 27.6 Å². The van der Waals surface area contributed by atoms with E-state index in [1.807, 2.05) is 18.2 Å². The molecule has 0 aliphatic heterocycles. The Bertz CT molecular complexity index is 1600. The van der Waals surface area contributed by atoms with Crippen LogP contribution in [0, 0.1) is 0 Å². The molecule has 10 nitrogen and oxygen atoms in total. The zero-order valence-corrected chi connectivity index (χ0v) is 17.9. The first-order chi connectivity index (χ1) is 16.1. The normalized spacial score (nSPS) is 15.7. The van der Waals surface area contributed by atoms with E-state index in [0.717, 1.165) is 41.6 Å². The highest BCUT2D eigenvalue weighted by Crippen LogP contribution is 2.36. The van der Waals surface area contributed by atoms with Gasteiger partial charge in [-0.25, -0.2) is 4.52 Å². The van der Waals surface area contributed by atoms with Crippen molar-refractivity contribution in [1.82, 2.24) is 34.7 Å². The van der Waals surface area contributed by atoms with E-state index in [-0.39, 0.29) is 29.6 Å². The lowest BCUT2D eigenvalue weighted by atomic mass is 9.91. The summed E-state index contributed by atoms with van der Waals surface area (Å²) in [7, 11) is 1.65. The van der Waals surface area contributed by atoms with E-state index >= 15 is 0 Å². The number of amides is 1. The van der Waals surface area contributed by atoms with Crippen LogP contribution < -0.4 is 15.6 Å². The maximum atomic E-state index is 12.9. The predicted octanol–water partition coefficient (Wildman–Crippen LogP) is 2.12. The SMILES string of the molecule is COc1ccc2[nH]c3c(c2c1)CCC[C@@H]3NC(=O)Cn1ccc2c(nnc3ccnn32)c1=O. The first kappa shape index (κ1) is 19.5. The standard InChI is InChI=1S/C23H21N7O3/c1-33-13-5-6-16-15(11-13)14-3-2-4-17(21(14)26-16)25-20(31)12-29-10-8-18-22(23(29)32)28-27-19-7-9-24-30(18)19/h5-11,17,26H,2-4,12H2,1H3,(H,25,31)/t17-/m0/s1. The van der Waals surface area contributed by atoms with Gasteiger partial charge in [-0.2, -0.15) is 5.10 Å². The van der Waals surface area contributed by atoms with E-state index in [1.54, 1.807) is 36.2 Å². The number of ether oxygens (including phenoxy) is 1. The number of carbonyl (C=O) groups excluding carboxylic acids is 1. The van der Waals surface area contributed by atoms with E-state index in [4.69, 9.17) is 4.74 Å². The summed E-state index contributed by atoms with van der Waals surface area (Å²) in [5, 5.41) is 16.5. The van der Waals surface area contributed by atoms with E-state index in [1.165, 1.54) is 10.1 Å². The summed E-state index contributed by atoms with van der Waals surface area (Å²) in [6, 6.07) is 9.24. The number of nitrogens with one attached hydrogen (secondary N) is 2. The van der Waals surface area contributed by atoms with Crippen LogP contribution in [0.2, 0.25) is 0 Å². The molecule has 0 unspecified atom stereocenters. The largest absolute Gasteiger partial charge is 0.497 e. The molecule has 1 aromatic carbocycles. The van der Waals surface area contributed by atoms with Gasteiger partial charge in [0.05, 0.1) is 19.3 Å². The number of aryl methyl sites for hydroxylation is 1. The molecule has 10 heteroatoms. The van der Waals surface area contributed by atoms with Crippen molar-refractivity contribution in [3.8, 4) is 5.75 Å². The molecule has 0 bridgehead atoms. The molecule has 2 N–H and O–H groups in total. The van der Waals surface area contributed by atoms with Gasteiger partial charge in [-0.15, -0.1) is 10.2 Å². The summed E-state index contributed by atoms with van der Waals surface area (Å²) < 4.78 is 8.28. The summed E-state index contributed by atoms with van der Waals surface area (Å²) in [6.45, 7) is -0.104. The first-order valence-electron chi connectivity index (χ1n) is 10.8. The Morgan fingerprint density at radius 1 is 1.27 bits per heavy atom. The summed E-state index contributed by atoms with van der Waals surface area (Å²) >= 11 is 0. The number of carbonyl (C=O) groups is 1. The van der Waals surface area contributed by atoms with Gasteiger partial charge in [-0.1, -0.05) is 0 Å². The highest BCUT2D eigenvalue weighted by Gasteiger charge is 2.26. The van der Waals surface area contributed by atoms with Crippen LogP contribution in [0.1, 0.15) is 30.1 Å². The van der Waals surface area contributed by atoms with Crippen molar-refractivity contribution in [2.45, 2.75) is 31.8 Å². The Morgan fingerprint density at radius 2 is 2.18 bits per heavy atom. The Morgan fingerprint density at radius 3 is 3.06 bits per heavy atom. The lowest BCUT2D eigenvalue weighted by molar-refractivity contribution is -0.122. The topological polar surface area (TPSA) is 119 Å². The van der Waals surface area contributed by atoms with Gasteiger partial charge in [0.1, 0.15) is 17.8 Å². The second kappa shape index (κ2) is 7.44. The van der Waals surface area contributed by atoms with Gasteiger partial charge in [-0.05, 0) is 49.1 Å². The zero-order chi connectivity index (χ0) is 22.5. The van der Waals surface area contributed by atoms with E-state index in [9.17, 15) is 9.59 Å². The molecule has 33 heavy (non-hydrogen) atoms. The van der Waals surface area contributed by atoms with Crippen LogP contribution in [-0.4, -0.2) is 42.4 Å². The number of aromatic amines is 1. The number of methoxy groups -OCH3 is 1. The van der Waals surface area contributed by atoms with Crippen LogP contribution in [0.5, 0.6) is 5.75 Å². The third-order valence-corrected chi connectivity index (χ3v) is 6.29. The number of H-pyrrole nitrogens is 1. The molecule has 6 rings (SSSR count). The van der Waals surface area contributed by atoms with Crippen molar-refractivity contribution >= 4 is 33.5 Å². The highest BCUT2D eigenvalue weighted by molar-refractivity contribution is 5.87. The van der Waals surface area contributed by atoms with Crippen LogP contribution in [0.4, 0.5) is 0 Å². The average Bonchev–Trinajstić information content (AvgIpc) is 3.45. The molecule has 0 fully saturated rings. The summed E-state index contributed by atoms with van der Waals surface area (Å²) in [5.74, 6) is 0.570. The highest BCUT2D eigenvalue weighted by atomic mass is 16.5. The number of rotatable bonds is 4. The molecule has 166 valence electrons. The van der Waals surface area contributed by atoms with Crippen molar-refractivity contribution < 1.29 is 9.53 Å². The van der Waals surface area contributed by atoms with E-state index < -0.39 is 0 Å². The van der Waals surface area contributed by atoms with Gasteiger partial charge in [-0.3, -0.25) is 9.59 Å². The molecule has 0 spiro atoms. The molecule has 1 amide bonds. The molecular weight excluding hydrogens is 422 g/mol. The van der Waals surface area contributed by atoms with Crippen molar-refractivity contribution in [3.63, 3.8) is 0 Å². The second-order valence-electron chi connectivity index (χ2n) is 8.22. The first-order valence-corrected chi connectivity index (χ1v) is 10.8.